The Morgan fingerprint density at radius 2 is 2.42 bits per heavy atom. The van der Waals surface area contributed by atoms with E-state index in [-0.39, 0.29) is 0 Å². The van der Waals surface area contributed by atoms with Gasteiger partial charge in [0.1, 0.15) is 0 Å². The maximum Gasteiger partial charge on any atom is 0.0882 e. The average molecular weight is 168 g/mol. The molecule has 1 atom stereocenters. The molecule has 1 aliphatic carbocycles. The van der Waals surface area contributed by atoms with Gasteiger partial charge in [-0.15, -0.1) is 0 Å². The van der Waals surface area contributed by atoms with Crippen molar-refractivity contribution in [2.45, 2.75) is 26.2 Å². The van der Waals surface area contributed by atoms with Crippen molar-refractivity contribution in [2.24, 2.45) is 5.92 Å². The van der Waals surface area contributed by atoms with Gasteiger partial charge < -0.3 is 0 Å². The van der Waals surface area contributed by atoms with Crippen molar-refractivity contribution in [1.29, 1.82) is 0 Å². The Morgan fingerprint density at radius 3 is 2.92 bits per heavy atom. The summed E-state index contributed by atoms with van der Waals surface area (Å²) in [4.78, 5) is 4.12. The van der Waals surface area contributed by atoms with Gasteiger partial charge in [0.15, 0.2) is 0 Å². The number of hydrogen-bond acceptors (Lipinski definition) is 2. The first-order valence-corrected chi connectivity index (χ1v) is 4.36. The van der Waals surface area contributed by atoms with Crippen LogP contribution in [0, 0.1) is 5.92 Å². The summed E-state index contributed by atoms with van der Waals surface area (Å²) < 4.78 is 0. The Kier molecular flexibility index (Phi) is 3.50. The van der Waals surface area contributed by atoms with Crippen molar-refractivity contribution in [2.75, 3.05) is 6.61 Å². The molecule has 0 bridgehead atoms. The minimum Gasteiger partial charge on any atom is -0.252 e. The lowest BCUT2D eigenvalue weighted by Crippen LogP contribution is -2.09. The quantitative estimate of drug-likeness (QED) is 0.399. The summed E-state index contributed by atoms with van der Waals surface area (Å²) in [5.41, 5.74) is 2.69. The van der Waals surface area contributed by atoms with E-state index in [0.717, 1.165) is 19.3 Å². The molecule has 1 unspecified atom stereocenters. The van der Waals surface area contributed by atoms with Crippen molar-refractivity contribution in [1.82, 2.24) is 0 Å². The van der Waals surface area contributed by atoms with E-state index in [1.165, 1.54) is 11.1 Å². The van der Waals surface area contributed by atoms with Gasteiger partial charge in [-0.25, -0.2) is 4.89 Å². The van der Waals surface area contributed by atoms with Crippen LogP contribution in [0.25, 0.3) is 0 Å². The Morgan fingerprint density at radius 1 is 1.67 bits per heavy atom. The van der Waals surface area contributed by atoms with Crippen molar-refractivity contribution in [3.8, 4) is 0 Å². The number of allylic oxidation sites excluding steroid dienone is 2. The van der Waals surface area contributed by atoms with E-state index in [0.29, 0.717) is 12.5 Å². The third-order valence-electron chi connectivity index (χ3n) is 2.38. The van der Waals surface area contributed by atoms with E-state index >= 15 is 0 Å². The summed E-state index contributed by atoms with van der Waals surface area (Å²) in [5.74, 6) is 0.336. The largest absolute Gasteiger partial charge is 0.252 e. The van der Waals surface area contributed by atoms with E-state index < -0.39 is 0 Å². The zero-order valence-corrected chi connectivity index (χ0v) is 7.55. The SMILES string of the molecule is C=C1CC=C(C(C)COO)CC1. The molecule has 0 saturated carbocycles. The minimum atomic E-state index is 0.336. The lowest BCUT2D eigenvalue weighted by molar-refractivity contribution is -0.247. The molecule has 0 spiro atoms. The van der Waals surface area contributed by atoms with Crippen LogP contribution in [-0.2, 0) is 4.89 Å². The van der Waals surface area contributed by atoms with Gasteiger partial charge in [-0.3, -0.25) is 5.26 Å². The summed E-state index contributed by atoms with van der Waals surface area (Å²) >= 11 is 0. The number of rotatable bonds is 3. The lowest BCUT2D eigenvalue weighted by Gasteiger charge is -2.19. The molecular formula is C10H16O2. The first-order valence-electron chi connectivity index (χ1n) is 4.36. The molecule has 0 aliphatic heterocycles. The molecule has 0 heterocycles. The van der Waals surface area contributed by atoms with Crippen LogP contribution in [0.4, 0.5) is 0 Å². The standard InChI is InChI=1S/C10H16O2/c1-8-3-5-10(6-4-8)9(2)7-12-11/h5,9,11H,1,3-4,6-7H2,2H3. The molecule has 0 saturated heterocycles. The van der Waals surface area contributed by atoms with Crippen LogP contribution < -0.4 is 0 Å². The highest BCUT2D eigenvalue weighted by molar-refractivity contribution is 5.18. The third kappa shape index (κ3) is 2.47. The Balaban J connectivity index is 2.46. The van der Waals surface area contributed by atoms with Crippen molar-refractivity contribution >= 4 is 0 Å². The van der Waals surface area contributed by atoms with E-state index in [9.17, 15) is 0 Å². The fraction of sp³-hybridized carbons (Fsp3) is 0.600. The molecule has 1 rings (SSSR count). The van der Waals surface area contributed by atoms with Gasteiger partial charge in [-0.05, 0) is 19.3 Å². The van der Waals surface area contributed by atoms with Crippen molar-refractivity contribution < 1.29 is 10.1 Å². The Labute approximate surface area is 73.5 Å². The van der Waals surface area contributed by atoms with E-state index in [2.05, 4.69) is 24.5 Å². The van der Waals surface area contributed by atoms with Crippen molar-refractivity contribution in [3.05, 3.63) is 23.8 Å². The van der Waals surface area contributed by atoms with Crippen LogP contribution in [0.5, 0.6) is 0 Å². The van der Waals surface area contributed by atoms with E-state index in [1.54, 1.807) is 0 Å². The zero-order chi connectivity index (χ0) is 8.97. The molecule has 0 aromatic carbocycles. The second-order valence-electron chi connectivity index (χ2n) is 3.43. The summed E-state index contributed by atoms with van der Waals surface area (Å²) in [6, 6.07) is 0. The van der Waals surface area contributed by atoms with Gasteiger partial charge >= 0.3 is 0 Å². The Hall–Kier alpha value is -0.600. The molecule has 1 aliphatic rings. The molecule has 2 nitrogen and oxygen atoms in total. The summed E-state index contributed by atoms with van der Waals surface area (Å²) in [6.45, 7) is 6.40. The van der Waals surface area contributed by atoms with Gasteiger partial charge in [0.25, 0.3) is 0 Å². The van der Waals surface area contributed by atoms with Gasteiger partial charge in [0.2, 0.25) is 0 Å². The van der Waals surface area contributed by atoms with E-state index in [4.69, 9.17) is 5.26 Å². The van der Waals surface area contributed by atoms with Gasteiger partial charge in [0, 0.05) is 5.92 Å². The lowest BCUT2D eigenvalue weighted by atomic mass is 9.89. The molecule has 0 amide bonds. The highest BCUT2D eigenvalue weighted by atomic mass is 17.1. The molecule has 2 heteroatoms. The first kappa shape index (κ1) is 9.49. The number of hydrogen-bond donors (Lipinski definition) is 1. The molecule has 0 aromatic heterocycles. The van der Waals surface area contributed by atoms with Gasteiger partial charge in [-0.2, -0.15) is 0 Å². The predicted octanol–water partition coefficient (Wildman–Crippen LogP) is 2.78. The predicted molar refractivity (Wildman–Crippen MR) is 48.8 cm³/mol. The highest BCUT2D eigenvalue weighted by Crippen LogP contribution is 2.26. The summed E-state index contributed by atoms with van der Waals surface area (Å²) in [6.07, 6.45) is 5.35. The molecule has 0 aromatic rings. The van der Waals surface area contributed by atoms with Crippen LogP contribution >= 0.6 is 0 Å². The molecule has 12 heavy (non-hydrogen) atoms. The third-order valence-corrected chi connectivity index (χ3v) is 2.38. The second kappa shape index (κ2) is 4.43. The molecule has 1 N–H and O–H groups in total. The Bertz CT molecular complexity index is 194. The highest BCUT2D eigenvalue weighted by Gasteiger charge is 2.12. The summed E-state index contributed by atoms with van der Waals surface area (Å²) in [5, 5.41) is 8.27. The molecule has 68 valence electrons. The average Bonchev–Trinajstić information content (AvgIpc) is 2.06. The second-order valence-corrected chi connectivity index (χ2v) is 3.43. The van der Waals surface area contributed by atoms with Crippen LogP contribution in [-0.4, -0.2) is 11.9 Å². The van der Waals surface area contributed by atoms with Crippen molar-refractivity contribution in [3.63, 3.8) is 0 Å². The summed E-state index contributed by atoms with van der Waals surface area (Å²) in [7, 11) is 0. The normalized spacial score (nSPS) is 20.5. The monoisotopic (exact) mass is 168 g/mol. The molecule has 0 radical (unpaired) electrons. The minimum absolute atomic E-state index is 0.336. The van der Waals surface area contributed by atoms with Crippen LogP contribution in [0.2, 0.25) is 0 Å². The molecule has 0 fully saturated rings. The first-order chi connectivity index (χ1) is 5.74. The zero-order valence-electron chi connectivity index (χ0n) is 7.55. The van der Waals surface area contributed by atoms with Crippen LogP contribution in [0.1, 0.15) is 26.2 Å². The maximum atomic E-state index is 8.27. The maximum absolute atomic E-state index is 8.27. The topological polar surface area (TPSA) is 29.5 Å². The van der Waals surface area contributed by atoms with Crippen LogP contribution in [0.15, 0.2) is 23.8 Å². The van der Waals surface area contributed by atoms with Crippen LogP contribution in [0.3, 0.4) is 0 Å². The van der Waals surface area contributed by atoms with Gasteiger partial charge in [0.05, 0.1) is 6.61 Å². The smallest absolute Gasteiger partial charge is 0.0882 e. The van der Waals surface area contributed by atoms with Gasteiger partial charge in [-0.1, -0.05) is 30.7 Å². The fourth-order valence-corrected chi connectivity index (χ4v) is 1.47. The fourth-order valence-electron chi connectivity index (χ4n) is 1.47. The molecular weight excluding hydrogens is 152 g/mol. The van der Waals surface area contributed by atoms with E-state index in [1.807, 2.05) is 0 Å².